The summed E-state index contributed by atoms with van der Waals surface area (Å²) in [6.45, 7) is 7.08. The van der Waals surface area contributed by atoms with Crippen LogP contribution >= 0.6 is 0 Å². The normalized spacial score (nSPS) is 23.4. The van der Waals surface area contributed by atoms with Gasteiger partial charge in [-0.3, -0.25) is 9.29 Å². The second-order valence-electron chi connectivity index (χ2n) is 6.07. The van der Waals surface area contributed by atoms with E-state index in [2.05, 4.69) is 54.4 Å². The summed E-state index contributed by atoms with van der Waals surface area (Å²) in [5.74, 6) is 0. The molecule has 0 aliphatic carbocycles. The summed E-state index contributed by atoms with van der Waals surface area (Å²) in [7, 11) is 0. The molecule has 19 heavy (non-hydrogen) atoms. The van der Waals surface area contributed by atoms with E-state index in [1.807, 2.05) is 0 Å². The molecule has 0 aromatic heterocycles. The van der Waals surface area contributed by atoms with Gasteiger partial charge in [-0.25, -0.2) is 0 Å². The van der Waals surface area contributed by atoms with Gasteiger partial charge >= 0.3 is 0 Å². The fourth-order valence-corrected chi connectivity index (χ4v) is 2.76. The molecule has 1 saturated heterocycles. The Morgan fingerprint density at radius 1 is 1.32 bits per heavy atom. The third kappa shape index (κ3) is 4.02. The van der Waals surface area contributed by atoms with E-state index in [1.54, 1.807) is 0 Å². The molecule has 1 N–H and O–H groups in total. The Hall–Kier alpha value is -0.930. The molecule has 1 atom stereocenters. The molecule has 1 unspecified atom stereocenters. The number of hydrogen-bond acceptors (Lipinski definition) is 2. The standard InChI is InChI=1S/C16H25FN2/c1-16(2)13-18-15(12-19(16)10-6-9-17)11-14-7-4-3-5-8-14/h3-5,7-8,15,18H,6,9-13H2,1-2H3. The Balaban J connectivity index is 1.94. The van der Waals surface area contributed by atoms with E-state index >= 15 is 0 Å². The Morgan fingerprint density at radius 3 is 2.74 bits per heavy atom. The number of nitrogens with one attached hydrogen (secondary N) is 1. The molecule has 0 radical (unpaired) electrons. The minimum atomic E-state index is -0.219. The first-order valence-electron chi connectivity index (χ1n) is 7.20. The van der Waals surface area contributed by atoms with Gasteiger partial charge in [0, 0.05) is 31.2 Å². The number of hydrogen-bond donors (Lipinski definition) is 1. The van der Waals surface area contributed by atoms with Gasteiger partial charge in [-0.05, 0) is 32.3 Å². The van der Waals surface area contributed by atoms with E-state index in [0.29, 0.717) is 12.5 Å². The highest BCUT2D eigenvalue weighted by molar-refractivity contribution is 5.16. The molecular weight excluding hydrogens is 239 g/mol. The first kappa shape index (κ1) is 14.5. The van der Waals surface area contributed by atoms with Crippen LogP contribution in [0.15, 0.2) is 30.3 Å². The van der Waals surface area contributed by atoms with Crippen LogP contribution in [0.25, 0.3) is 0 Å². The number of nitrogens with zero attached hydrogens (tertiary/aromatic N) is 1. The quantitative estimate of drug-likeness (QED) is 0.879. The molecule has 1 aliphatic heterocycles. The van der Waals surface area contributed by atoms with Gasteiger partial charge in [0.05, 0.1) is 6.67 Å². The second kappa shape index (κ2) is 6.49. The van der Waals surface area contributed by atoms with Crippen molar-refractivity contribution in [2.45, 2.75) is 38.3 Å². The number of alkyl halides is 1. The van der Waals surface area contributed by atoms with E-state index in [1.165, 1.54) is 5.56 Å². The highest BCUT2D eigenvalue weighted by Gasteiger charge is 2.33. The topological polar surface area (TPSA) is 15.3 Å². The lowest BCUT2D eigenvalue weighted by Crippen LogP contribution is -2.62. The van der Waals surface area contributed by atoms with Crippen molar-refractivity contribution in [3.05, 3.63) is 35.9 Å². The van der Waals surface area contributed by atoms with Gasteiger partial charge in [0.25, 0.3) is 0 Å². The zero-order valence-corrected chi connectivity index (χ0v) is 12.0. The van der Waals surface area contributed by atoms with Crippen molar-refractivity contribution < 1.29 is 4.39 Å². The minimum absolute atomic E-state index is 0.127. The molecule has 1 aromatic rings. The Kier molecular flexibility index (Phi) is 4.94. The maximum Gasteiger partial charge on any atom is 0.0906 e. The number of benzene rings is 1. The molecule has 2 rings (SSSR count). The third-order valence-corrected chi connectivity index (χ3v) is 4.01. The summed E-state index contributed by atoms with van der Waals surface area (Å²) in [5, 5.41) is 3.63. The molecule has 0 spiro atoms. The molecule has 2 nitrogen and oxygen atoms in total. The second-order valence-corrected chi connectivity index (χ2v) is 6.07. The van der Waals surface area contributed by atoms with E-state index < -0.39 is 0 Å². The van der Waals surface area contributed by atoms with Crippen molar-refractivity contribution in [2.24, 2.45) is 0 Å². The summed E-state index contributed by atoms with van der Waals surface area (Å²) in [6.07, 6.45) is 1.69. The van der Waals surface area contributed by atoms with Crippen molar-refractivity contribution in [2.75, 3.05) is 26.3 Å². The van der Waals surface area contributed by atoms with Crippen LogP contribution in [0.4, 0.5) is 4.39 Å². The van der Waals surface area contributed by atoms with Crippen LogP contribution < -0.4 is 5.32 Å². The lowest BCUT2D eigenvalue weighted by molar-refractivity contribution is 0.0632. The Morgan fingerprint density at radius 2 is 2.05 bits per heavy atom. The first-order chi connectivity index (χ1) is 9.12. The highest BCUT2D eigenvalue weighted by atomic mass is 19.1. The van der Waals surface area contributed by atoms with Gasteiger partial charge in [0.1, 0.15) is 0 Å². The van der Waals surface area contributed by atoms with Crippen LogP contribution in [0, 0.1) is 0 Å². The molecule has 0 bridgehead atoms. The van der Waals surface area contributed by atoms with Gasteiger partial charge in [0.2, 0.25) is 0 Å². The van der Waals surface area contributed by atoms with Gasteiger partial charge in [-0.15, -0.1) is 0 Å². The predicted octanol–water partition coefficient (Wildman–Crippen LogP) is 2.64. The maximum atomic E-state index is 12.4. The number of rotatable bonds is 5. The summed E-state index contributed by atoms with van der Waals surface area (Å²) in [4.78, 5) is 2.43. The fourth-order valence-electron chi connectivity index (χ4n) is 2.76. The average molecular weight is 264 g/mol. The van der Waals surface area contributed by atoms with E-state index in [9.17, 15) is 4.39 Å². The third-order valence-electron chi connectivity index (χ3n) is 4.01. The molecule has 106 valence electrons. The average Bonchev–Trinajstić information content (AvgIpc) is 2.40. The van der Waals surface area contributed by atoms with E-state index in [0.717, 1.165) is 26.1 Å². The minimum Gasteiger partial charge on any atom is -0.311 e. The fraction of sp³-hybridized carbons (Fsp3) is 0.625. The van der Waals surface area contributed by atoms with Crippen molar-refractivity contribution >= 4 is 0 Å². The van der Waals surface area contributed by atoms with Gasteiger partial charge in [0.15, 0.2) is 0 Å². The smallest absolute Gasteiger partial charge is 0.0906 e. The van der Waals surface area contributed by atoms with Crippen LogP contribution in [0.2, 0.25) is 0 Å². The molecule has 1 heterocycles. The lowest BCUT2D eigenvalue weighted by Gasteiger charge is -2.46. The largest absolute Gasteiger partial charge is 0.311 e. The molecule has 1 aliphatic rings. The maximum absolute atomic E-state index is 12.4. The van der Waals surface area contributed by atoms with Crippen LogP contribution in [0.3, 0.4) is 0 Å². The van der Waals surface area contributed by atoms with Crippen LogP contribution in [0.5, 0.6) is 0 Å². The number of piperazine rings is 1. The molecule has 1 aromatic carbocycles. The molecule has 3 heteroatoms. The zero-order valence-electron chi connectivity index (χ0n) is 12.0. The summed E-state index contributed by atoms with van der Waals surface area (Å²) in [5.41, 5.74) is 1.49. The van der Waals surface area contributed by atoms with Crippen molar-refractivity contribution in [1.82, 2.24) is 10.2 Å². The van der Waals surface area contributed by atoms with Gasteiger partial charge in [-0.2, -0.15) is 0 Å². The van der Waals surface area contributed by atoms with Crippen LogP contribution in [-0.4, -0.2) is 42.8 Å². The van der Waals surface area contributed by atoms with E-state index in [4.69, 9.17) is 0 Å². The molecule has 1 fully saturated rings. The Labute approximate surface area is 116 Å². The molecule has 0 saturated carbocycles. The molecular formula is C16H25FN2. The zero-order chi connectivity index (χ0) is 13.7. The van der Waals surface area contributed by atoms with Crippen molar-refractivity contribution in [3.63, 3.8) is 0 Å². The monoisotopic (exact) mass is 264 g/mol. The predicted molar refractivity (Wildman–Crippen MR) is 78.2 cm³/mol. The van der Waals surface area contributed by atoms with Crippen LogP contribution in [-0.2, 0) is 6.42 Å². The van der Waals surface area contributed by atoms with Crippen molar-refractivity contribution in [3.8, 4) is 0 Å². The number of halogens is 1. The SMILES string of the molecule is CC1(C)CNC(Cc2ccccc2)CN1CCCF. The van der Waals surface area contributed by atoms with Gasteiger partial charge in [-0.1, -0.05) is 30.3 Å². The van der Waals surface area contributed by atoms with Crippen molar-refractivity contribution in [1.29, 1.82) is 0 Å². The van der Waals surface area contributed by atoms with E-state index in [-0.39, 0.29) is 12.2 Å². The summed E-state index contributed by atoms with van der Waals surface area (Å²) in [6, 6.07) is 11.0. The Bertz CT molecular complexity index is 378. The summed E-state index contributed by atoms with van der Waals surface area (Å²) >= 11 is 0. The lowest BCUT2D eigenvalue weighted by atomic mass is 9.94. The summed E-state index contributed by atoms with van der Waals surface area (Å²) < 4.78 is 12.4. The highest BCUT2D eigenvalue weighted by Crippen LogP contribution is 2.20. The first-order valence-corrected chi connectivity index (χ1v) is 7.20. The molecule has 0 amide bonds. The van der Waals surface area contributed by atoms with Crippen LogP contribution in [0.1, 0.15) is 25.8 Å². The van der Waals surface area contributed by atoms with Gasteiger partial charge < -0.3 is 5.32 Å².